The highest BCUT2D eigenvalue weighted by molar-refractivity contribution is 7.89. The van der Waals surface area contributed by atoms with Gasteiger partial charge < -0.3 is 9.64 Å². The lowest BCUT2D eigenvalue weighted by Gasteiger charge is -2.33. The molecule has 6 nitrogen and oxygen atoms in total. The van der Waals surface area contributed by atoms with Crippen molar-refractivity contribution in [2.75, 3.05) is 37.7 Å². The molecule has 28 heavy (non-hydrogen) atoms. The fourth-order valence-electron chi connectivity index (χ4n) is 3.16. The molecule has 1 aliphatic heterocycles. The molecule has 0 saturated carbocycles. The minimum Gasteiger partial charge on any atom is -0.494 e. The predicted octanol–water partition coefficient (Wildman–Crippen LogP) is 3.35. The number of anilines is 1. The maximum absolute atomic E-state index is 13.1. The van der Waals surface area contributed by atoms with Crippen molar-refractivity contribution in [2.45, 2.75) is 11.8 Å². The van der Waals surface area contributed by atoms with E-state index in [1.807, 2.05) is 25.1 Å². The summed E-state index contributed by atoms with van der Waals surface area (Å²) in [5, 5.41) is 0.877. The lowest BCUT2D eigenvalue weighted by Crippen LogP contribution is -2.48. The Bertz CT molecular complexity index is 1080. The number of nitrogens with zero attached hydrogens (tertiary/aromatic N) is 3. The summed E-state index contributed by atoms with van der Waals surface area (Å²) in [6, 6.07) is 10.8. The first-order valence-corrected chi connectivity index (χ1v) is 11.3. The van der Waals surface area contributed by atoms with Gasteiger partial charge in [-0.3, -0.25) is 0 Å². The lowest BCUT2D eigenvalue weighted by molar-refractivity contribution is 0.341. The van der Waals surface area contributed by atoms with Gasteiger partial charge in [0, 0.05) is 26.2 Å². The molecular formula is C19H20FN3O3S2. The van der Waals surface area contributed by atoms with E-state index in [2.05, 4.69) is 9.88 Å². The van der Waals surface area contributed by atoms with Crippen LogP contribution in [0, 0.1) is 5.82 Å². The van der Waals surface area contributed by atoms with Gasteiger partial charge in [0.2, 0.25) is 10.0 Å². The zero-order valence-electron chi connectivity index (χ0n) is 15.3. The summed E-state index contributed by atoms with van der Waals surface area (Å²) in [4.78, 5) is 6.89. The Morgan fingerprint density at radius 3 is 2.50 bits per heavy atom. The molecule has 148 valence electrons. The first kappa shape index (κ1) is 19.1. The largest absolute Gasteiger partial charge is 0.494 e. The summed E-state index contributed by atoms with van der Waals surface area (Å²) in [5.74, 6) is 0.368. The smallest absolute Gasteiger partial charge is 0.243 e. The molecule has 0 amide bonds. The summed E-state index contributed by atoms with van der Waals surface area (Å²) in [6.07, 6.45) is 0. The Labute approximate surface area is 167 Å². The zero-order chi connectivity index (χ0) is 19.7. The first-order valence-electron chi connectivity index (χ1n) is 9.01. The van der Waals surface area contributed by atoms with Gasteiger partial charge in [-0.15, -0.1) is 0 Å². The number of rotatable bonds is 5. The van der Waals surface area contributed by atoms with Gasteiger partial charge in [-0.2, -0.15) is 4.31 Å². The van der Waals surface area contributed by atoms with Crippen LogP contribution < -0.4 is 9.64 Å². The van der Waals surface area contributed by atoms with E-state index in [0.717, 1.165) is 21.1 Å². The first-order chi connectivity index (χ1) is 13.5. The number of aromatic nitrogens is 1. The van der Waals surface area contributed by atoms with Crippen LogP contribution in [0.5, 0.6) is 5.75 Å². The van der Waals surface area contributed by atoms with Gasteiger partial charge in [0.15, 0.2) is 5.13 Å². The van der Waals surface area contributed by atoms with E-state index in [9.17, 15) is 12.8 Å². The van der Waals surface area contributed by atoms with Gasteiger partial charge in [0.05, 0.1) is 21.7 Å². The molecule has 3 aromatic rings. The zero-order valence-corrected chi connectivity index (χ0v) is 17.0. The molecule has 1 saturated heterocycles. The number of hydrogen-bond acceptors (Lipinski definition) is 6. The Balaban J connectivity index is 1.48. The van der Waals surface area contributed by atoms with Crippen molar-refractivity contribution in [3.05, 3.63) is 48.3 Å². The highest BCUT2D eigenvalue weighted by Gasteiger charge is 2.29. The molecule has 1 aromatic heterocycles. The average Bonchev–Trinajstić information content (AvgIpc) is 3.12. The molecule has 4 rings (SSSR count). The number of sulfonamides is 1. The molecule has 1 fully saturated rings. The van der Waals surface area contributed by atoms with E-state index in [1.54, 1.807) is 11.3 Å². The average molecular weight is 422 g/mol. The predicted molar refractivity (Wildman–Crippen MR) is 108 cm³/mol. The summed E-state index contributed by atoms with van der Waals surface area (Å²) >= 11 is 1.58. The highest BCUT2D eigenvalue weighted by atomic mass is 32.2. The third-order valence-corrected chi connectivity index (χ3v) is 7.61. The van der Waals surface area contributed by atoms with Crippen molar-refractivity contribution in [3.8, 4) is 5.75 Å². The third-order valence-electron chi connectivity index (χ3n) is 4.62. The second-order valence-corrected chi connectivity index (χ2v) is 9.35. The second-order valence-electron chi connectivity index (χ2n) is 6.40. The van der Waals surface area contributed by atoms with E-state index < -0.39 is 15.8 Å². The Morgan fingerprint density at radius 2 is 1.82 bits per heavy atom. The Kier molecular flexibility index (Phi) is 5.22. The number of halogens is 1. The highest BCUT2D eigenvalue weighted by Crippen LogP contribution is 2.32. The van der Waals surface area contributed by atoms with Gasteiger partial charge >= 0.3 is 0 Å². The number of benzene rings is 2. The van der Waals surface area contributed by atoms with Crippen LogP contribution in [0.3, 0.4) is 0 Å². The van der Waals surface area contributed by atoms with Crippen molar-refractivity contribution in [1.29, 1.82) is 0 Å². The number of thiazole rings is 1. The molecule has 0 spiro atoms. The monoisotopic (exact) mass is 421 g/mol. The van der Waals surface area contributed by atoms with E-state index in [4.69, 9.17) is 4.74 Å². The number of hydrogen-bond donors (Lipinski definition) is 0. The maximum Gasteiger partial charge on any atom is 0.243 e. The van der Waals surface area contributed by atoms with Crippen molar-refractivity contribution in [1.82, 2.24) is 9.29 Å². The fourth-order valence-corrected chi connectivity index (χ4v) is 5.63. The Morgan fingerprint density at radius 1 is 1.11 bits per heavy atom. The number of fused-ring (bicyclic) bond motifs is 1. The number of ether oxygens (including phenoxy) is 1. The van der Waals surface area contributed by atoms with Gasteiger partial charge in [0.1, 0.15) is 11.6 Å². The van der Waals surface area contributed by atoms with Crippen molar-refractivity contribution in [2.24, 2.45) is 0 Å². The molecule has 0 bridgehead atoms. The third kappa shape index (κ3) is 3.69. The molecule has 0 radical (unpaired) electrons. The van der Waals surface area contributed by atoms with Gasteiger partial charge in [-0.25, -0.2) is 17.8 Å². The fraction of sp³-hybridized carbons (Fsp3) is 0.316. The van der Waals surface area contributed by atoms with Gasteiger partial charge in [0.25, 0.3) is 0 Å². The van der Waals surface area contributed by atoms with Crippen LogP contribution in [-0.4, -0.2) is 50.5 Å². The summed E-state index contributed by atoms with van der Waals surface area (Å²) in [5.41, 5.74) is 0.907. The van der Waals surface area contributed by atoms with E-state index in [1.165, 1.54) is 28.6 Å². The molecule has 2 heterocycles. The molecule has 0 atom stereocenters. The van der Waals surface area contributed by atoms with E-state index in [0.29, 0.717) is 32.8 Å². The van der Waals surface area contributed by atoms with Crippen LogP contribution in [0.25, 0.3) is 10.2 Å². The van der Waals surface area contributed by atoms with Crippen molar-refractivity contribution in [3.63, 3.8) is 0 Å². The van der Waals surface area contributed by atoms with Gasteiger partial charge in [-0.1, -0.05) is 11.3 Å². The quantitative estimate of drug-likeness (QED) is 0.632. The standard InChI is InChI=1S/C19H20FN3O3S2/c1-2-26-15-5-8-17-18(13-15)27-19(21-17)22-9-11-23(12-10-22)28(24,25)16-6-3-14(20)4-7-16/h3-8,13H,2,9-12H2,1H3. The minimum absolute atomic E-state index is 0.116. The topological polar surface area (TPSA) is 62.7 Å². The van der Waals surface area contributed by atoms with Crippen molar-refractivity contribution >= 4 is 36.7 Å². The van der Waals surface area contributed by atoms with Crippen LogP contribution in [0.2, 0.25) is 0 Å². The second kappa shape index (κ2) is 7.65. The van der Waals surface area contributed by atoms with Crippen molar-refractivity contribution < 1.29 is 17.5 Å². The van der Waals surface area contributed by atoms with E-state index in [-0.39, 0.29) is 4.90 Å². The summed E-state index contributed by atoms with van der Waals surface area (Å²) in [6.45, 7) is 4.39. The molecule has 0 unspecified atom stereocenters. The molecular weight excluding hydrogens is 401 g/mol. The van der Waals surface area contributed by atoms with Crippen LogP contribution in [0.4, 0.5) is 9.52 Å². The molecule has 2 aromatic carbocycles. The minimum atomic E-state index is -3.61. The van der Waals surface area contributed by atoms with Crippen LogP contribution in [0.1, 0.15) is 6.92 Å². The maximum atomic E-state index is 13.1. The van der Waals surface area contributed by atoms with Crippen LogP contribution in [-0.2, 0) is 10.0 Å². The summed E-state index contributed by atoms with van der Waals surface area (Å²) in [7, 11) is -3.61. The molecule has 1 aliphatic rings. The normalized spacial score (nSPS) is 15.9. The Hall–Kier alpha value is -2.23. The summed E-state index contributed by atoms with van der Waals surface area (Å²) < 4.78 is 46.6. The number of piperazine rings is 1. The SMILES string of the molecule is CCOc1ccc2nc(N3CCN(S(=O)(=O)c4ccc(F)cc4)CC3)sc2c1. The van der Waals surface area contributed by atoms with Crippen LogP contribution in [0.15, 0.2) is 47.4 Å². The molecule has 0 N–H and O–H groups in total. The lowest BCUT2D eigenvalue weighted by atomic mass is 10.3. The van der Waals surface area contributed by atoms with E-state index >= 15 is 0 Å². The van der Waals surface area contributed by atoms with Gasteiger partial charge in [-0.05, 0) is 49.4 Å². The van der Waals surface area contributed by atoms with Crippen LogP contribution >= 0.6 is 11.3 Å². The molecule has 9 heteroatoms. The molecule has 0 aliphatic carbocycles.